The molecule has 3 aliphatic rings. The maximum absolute atomic E-state index is 13.1. The second-order valence-corrected chi connectivity index (χ2v) is 9.19. The van der Waals surface area contributed by atoms with E-state index in [9.17, 15) is 19.2 Å². The molecule has 0 spiro atoms. The molecule has 2 saturated heterocycles. The number of nitrogens with zero attached hydrogens (tertiary/aromatic N) is 2. The van der Waals surface area contributed by atoms with Crippen molar-refractivity contribution in [3.8, 4) is 11.5 Å². The van der Waals surface area contributed by atoms with Crippen LogP contribution in [0.25, 0.3) is 0 Å². The molecule has 0 radical (unpaired) electrons. The van der Waals surface area contributed by atoms with Crippen LogP contribution < -0.4 is 19.3 Å². The Morgan fingerprint density at radius 1 is 0.971 bits per heavy atom. The molecular formula is C27H26N2O6. The third kappa shape index (κ3) is 4.09. The summed E-state index contributed by atoms with van der Waals surface area (Å²) in [5.41, 5.74) is 1.04. The molecule has 180 valence electrons. The minimum absolute atomic E-state index is 0.0105. The molecule has 0 aromatic heterocycles. The van der Waals surface area contributed by atoms with Gasteiger partial charge in [0.05, 0.1) is 30.6 Å². The number of carbonyl (C=O) groups is 4. The van der Waals surface area contributed by atoms with E-state index in [1.54, 1.807) is 54.5 Å². The average molecular weight is 475 g/mol. The van der Waals surface area contributed by atoms with Crippen LogP contribution in [0.2, 0.25) is 0 Å². The van der Waals surface area contributed by atoms with Crippen LogP contribution in [0.4, 0.5) is 11.4 Å². The number of carbonyl (C=O) groups excluding carboxylic acids is 4. The predicted molar refractivity (Wildman–Crippen MR) is 128 cm³/mol. The lowest BCUT2D eigenvalue weighted by Gasteiger charge is -2.22. The summed E-state index contributed by atoms with van der Waals surface area (Å²) in [6.07, 6.45) is 4.51. The molecule has 2 aromatic carbocycles. The van der Waals surface area contributed by atoms with Gasteiger partial charge in [-0.25, -0.2) is 4.90 Å². The van der Waals surface area contributed by atoms with Gasteiger partial charge in [-0.1, -0.05) is 31.2 Å². The number of fused-ring (bicyclic) bond motifs is 1. The molecule has 5 rings (SSSR count). The van der Waals surface area contributed by atoms with E-state index in [1.165, 1.54) is 11.0 Å². The predicted octanol–water partition coefficient (Wildman–Crippen LogP) is 3.36. The van der Waals surface area contributed by atoms with Crippen molar-refractivity contribution in [1.29, 1.82) is 0 Å². The number of hydrogen-bond donors (Lipinski definition) is 0. The summed E-state index contributed by atoms with van der Waals surface area (Å²) in [5.74, 6) is -1.70. The fourth-order valence-corrected chi connectivity index (χ4v) is 5.18. The van der Waals surface area contributed by atoms with Crippen LogP contribution in [0.15, 0.2) is 60.7 Å². The number of anilines is 2. The third-order valence-corrected chi connectivity index (χ3v) is 6.99. The van der Waals surface area contributed by atoms with E-state index in [0.29, 0.717) is 23.5 Å². The standard InChI is InChI=1S/C27H26N2O6/c1-16-6-3-11-22-24(16)26(32)29(25(22)31)19-8-5-10-21(14-19)35-27(33)17-12-23(30)28(15-17)18-7-4-9-20(13-18)34-2/h3-10,13-14,16-17,22,24H,11-12,15H2,1-2H3/t16-,17-,22+,24-/m1/s1. The van der Waals surface area contributed by atoms with Gasteiger partial charge in [0.15, 0.2) is 0 Å². The fourth-order valence-electron chi connectivity index (χ4n) is 5.18. The molecule has 0 N–H and O–H groups in total. The molecule has 8 nitrogen and oxygen atoms in total. The molecule has 35 heavy (non-hydrogen) atoms. The van der Waals surface area contributed by atoms with Gasteiger partial charge in [0.2, 0.25) is 17.7 Å². The molecule has 2 aliphatic heterocycles. The molecule has 2 heterocycles. The first kappa shape index (κ1) is 22.8. The first-order valence-electron chi connectivity index (χ1n) is 11.7. The number of amides is 3. The summed E-state index contributed by atoms with van der Waals surface area (Å²) < 4.78 is 10.8. The summed E-state index contributed by atoms with van der Waals surface area (Å²) in [7, 11) is 1.55. The van der Waals surface area contributed by atoms with Crippen LogP contribution in [0.5, 0.6) is 11.5 Å². The van der Waals surface area contributed by atoms with Crippen molar-refractivity contribution in [2.75, 3.05) is 23.5 Å². The van der Waals surface area contributed by atoms with E-state index < -0.39 is 11.9 Å². The van der Waals surface area contributed by atoms with Gasteiger partial charge in [0, 0.05) is 30.8 Å². The molecule has 0 saturated carbocycles. The van der Waals surface area contributed by atoms with Gasteiger partial charge in [-0.3, -0.25) is 19.2 Å². The minimum atomic E-state index is -0.637. The highest BCUT2D eigenvalue weighted by molar-refractivity contribution is 6.22. The first-order chi connectivity index (χ1) is 16.9. The highest BCUT2D eigenvalue weighted by Gasteiger charge is 2.50. The van der Waals surface area contributed by atoms with Gasteiger partial charge in [0.1, 0.15) is 11.5 Å². The number of hydrogen-bond acceptors (Lipinski definition) is 6. The minimum Gasteiger partial charge on any atom is -0.497 e. The lowest BCUT2D eigenvalue weighted by molar-refractivity contribution is -0.139. The number of benzene rings is 2. The normalized spacial score (nSPS) is 25.7. The molecule has 3 amide bonds. The van der Waals surface area contributed by atoms with E-state index in [2.05, 4.69) is 0 Å². The van der Waals surface area contributed by atoms with Gasteiger partial charge in [-0.05, 0) is 36.6 Å². The highest BCUT2D eigenvalue weighted by atomic mass is 16.5. The molecule has 0 bridgehead atoms. The SMILES string of the molecule is COc1cccc(N2C[C@H](C(=O)Oc3cccc(N4C(=O)[C@@H]5[C@H](C)C=CC[C@@H]5C4=O)c3)CC2=O)c1. The second kappa shape index (κ2) is 9.02. The van der Waals surface area contributed by atoms with Gasteiger partial charge >= 0.3 is 5.97 Å². The summed E-state index contributed by atoms with van der Waals surface area (Å²) in [5, 5.41) is 0. The van der Waals surface area contributed by atoms with E-state index in [4.69, 9.17) is 9.47 Å². The Morgan fingerprint density at radius 2 is 1.69 bits per heavy atom. The zero-order valence-electron chi connectivity index (χ0n) is 19.5. The third-order valence-electron chi connectivity index (χ3n) is 6.99. The van der Waals surface area contributed by atoms with Crippen molar-refractivity contribution in [3.63, 3.8) is 0 Å². The summed E-state index contributed by atoms with van der Waals surface area (Å²) in [6.45, 7) is 2.14. The van der Waals surface area contributed by atoms with Crippen molar-refractivity contribution in [3.05, 3.63) is 60.7 Å². The van der Waals surface area contributed by atoms with Gasteiger partial charge in [-0.15, -0.1) is 0 Å². The highest BCUT2D eigenvalue weighted by Crippen LogP contribution is 2.41. The maximum Gasteiger partial charge on any atom is 0.316 e. The molecule has 2 aromatic rings. The topological polar surface area (TPSA) is 93.2 Å². The van der Waals surface area contributed by atoms with Crippen molar-refractivity contribution in [2.24, 2.45) is 23.7 Å². The smallest absolute Gasteiger partial charge is 0.316 e. The Kier molecular flexibility index (Phi) is 5.88. The number of allylic oxidation sites excluding steroid dienone is 2. The van der Waals surface area contributed by atoms with Gasteiger partial charge in [-0.2, -0.15) is 0 Å². The van der Waals surface area contributed by atoms with E-state index in [-0.39, 0.29) is 54.2 Å². The fraction of sp³-hybridized carbons (Fsp3) is 0.333. The monoisotopic (exact) mass is 474 g/mol. The maximum atomic E-state index is 13.1. The van der Waals surface area contributed by atoms with E-state index in [1.807, 2.05) is 19.1 Å². The molecule has 0 unspecified atom stereocenters. The van der Waals surface area contributed by atoms with Crippen molar-refractivity contribution in [1.82, 2.24) is 0 Å². The zero-order chi connectivity index (χ0) is 24.7. The number of esters is 1. The van der Waals surface area contributed by atoms with E-state index >= 15 is 0 Å². The van der Waals surface area contributed by atoms with Gasteiger partial charge in [0.25, 0.3) is 0 Å². The van der Waals surface area contributed by atoms with Crippen LogP contribution in [0.3, 0.4) is 0 Å². The number of methoxy groups -OCH3 is 1. The summed E-state index contributed by atoms with van der Waals surface area (Å²) in [4.78, 5) is 54.3. The quantitative estimate of drug-likeness (QED) is 0.286. The Hall–Kier alpha value is -3.94. The first-order valence-corrected chi connectivity index (χ1v) is 11.7. The van der Waals surface area contributed by atoms with Crippen molar-refractivity contribution >= 4 is 35.1 Å². The lowest BCUT2D eigenvalue weighted by atomic mass is 9.78. The molecule has 2 fully saturated rings. The number of rotatable bonds is 5. The Balaban J connectivity index is 1.29. The van der Waals surface area contributed by atoms with Crippen LogP contribution in [-0.4, -0.2) is 37.3 Å². The summed E-state index contributed by atoms with van der Waals surface area (Å²) >= 11 is 0. The Bertz CT molecular complexity index is 1240. The van der Waals surface area contributed by atoms with Crippen LogP contribution in [0.1, 0.15) is 19.8 Å². The molecule has 1 aliphatic carbocycles. The number of imide groups is 1. The molecule has 4 atom stereocenters. The van der Waals surface area contributed by atoms with Crippen molar-refractivity contribution in [2.45, 2.75) is 19.8 Å². The molecular weight excluding hydrogens is 448 g/mol. The number of ether oxygens (including phenoxy) is 2. The van der Waals surface area contributed by atoms with Gasteiger partial charge < -0.3 is 14.4 Å². The van der Waals surface area contributed by atoms with Crippen LogP contribution >= 0.6 is 0 Å². The lowest BCUT2D eigenvalue weighted by Crippen LogP contribution is -2.31. The average Bonchev–Trinajstić information content (AvgIpc) is 3.37. The van der Waals surface area contributed by atoms with Crippen molar-refractivity contribution < 1.29 is 28.7 Å². The van der Waals surface area contributed by atoms with Crippen LogP contribution in [0, 0.1) is 23.7 Å². The second-order valence-electron chi connectivity index (χ2n) is 9.19. The molecule has 8 heteroatoms. The van der Waals surface area contributed by atoms with E-state index in [0.717, 1.165) is 0 Å². The summed E-state index contributed by atoms with van der Waals surface area (Å²) in [6, 6.07) is 13.5. The Labute approximate surface area is 203 Å². The largest absolute Gasteiger partial charge is 0.497 e. The van der Waals surface area contributed by atoms with Crippen LogP contribution in [-0.2, 0) is 19.2 Å². The Morgan fingerprint density at radius 3 is 2.43 bits per heavy atom. The zero-order valence-corrected chi connectivity index (χ0v) is 19.5.